The second-order valence-electron chi connectivity index (χ2n) is 17.5. The van der Waals surface area contributed by atoms with Crippen LogP contribution in [0.5, 0.6) is 0 Å². The summed E-state index contributed by atoms with van der Waals surface area (Å²) >= 11 is 1.87. The largest absolute Gasteiger partial charge is 0.310 e. The molecule has 0 radical (unpaired) electrons. The molecule has 0 bridgehead atoms. The van der Waals surface area contributed by atoms with E-state index in [0.717, 1.165) is 17.1 Å². The van der Waals surface area contributed by atoms with Crippen LogP contribution in [0, 0.1) is 0 Å². The zero-order chi connectivity index (χ0) is 44.3. The van der Waals surface area contributed by atoms with Crippen LogP contribution < -0.4 is 4.90 Å². The lowest BCUT2D eigenvalue weighted by atomic mass is 9.67. The highest BCUT2D eigenvalue weighted by molar-refractivity contribution is 7.25. The lowest BCUT2D eigenvalue weighted by Gasteiger charge is -2.34. The number of nitrogens with zero attached hydrogens (tertiary/aromatic N) is 1. The van der Waals surface area contributed by atoms with Gasteiger partial charge in [-0.25, -0.2) is 0 Å². The number of hydrogen-bond donors (Lipinski definition) is 0. The van der Waals surface area contributed by atoms with E-state index >= 15 is 0 Å². The average molecular weight is 870 g/mol. The fourth-order valence-electron chi connectivity index (χ4n) is 11.0. The van der Waals surface area contributed by atoms with E-state index in [1.54, 1.807) is 0 Å². The third kappa shape index (κ3) is 6.29. The molecule has 0 fully saturated rings. The van der Waals surface area contributed by atoms with Gasteiger partial charge in [0.25, 0.3) is 0 Å². The second-order valence-corrected chi connectivity index (χ2v) is 18.6. The van der Waals surface area contributed by atoms with Gasteiger partial charge in [0.05, 0.1) is 11.1 Å². The highest BCUT2D eigenvalue weighted by Gasteiger charge is 2.46. The van der Waals surface area contributed by atoms with Crippen molar-refractivity contribution in [2.45, 2.75) is 5.41 Å². The minimum Gasteiger partial charge on any atom is -0.310 e. The van der Waals surface area contributed by atoms with Crippen LogP contribution in [0.25, 0.3) is 75.5 Å². The predicted octanol–water partition coefficient (Wildman–Crippen LogP) is 18.0. The minimum absolute atomic E-state index is 0.458. The molecule has 1 heterocycles. The van der Waals surface area contributed by atoms with Gasteiger partial charge in [-0.05, 0) is 121 Å². The summed E-state index contributed by atoms with van der Waals surface area (Å²) in [5, 5.41) is 5.10. The molecule has 0 spiro atoms. The molecule has 1 aliphatic carbocycles. The van der Waals surface area contributed by atoms with Gasteiger partial charge in [0.2, 0.25) is 0 Å². The van der Waals surface area contributed by atoms with E-state index in [9.17, 15) is 0 Å². The van der Waals surface area contributed by atoms with E-state index < -0.39 is 5.41 Å². The molecular formula is C65H43NS. The van der Waals surface area contributed by atoms with Gasteiger partial charge in [0, 0.05) is 37.1 Å². The Bertz CT molecular complexity index is 3750. The van der Waals surface area contributed by atoms with Crippen LogP contribution in [0.3, 0.4) is 0 Å². The average Bonchev–Trinajstić information content (AvgIpc) is 3.94. The van der Waals surface area contributed by atoms with Gasteiger partial charge < -0.3 is 4.90 Å². The molecule has 67 heavy (non-hydrogen) atoms. The Kier molecular flexibility index (Phi) is 9.33. The Morgan fingerprint density at radius 3 is 1.60 bits per heavy atom. The highest BCUT2D eigenvalue weighted by atomic mass is 32.1. The molecule has 2 heteroatoms. The van der Waals surface area contributed by atoms with Gasteiger partial charge in [-0.2, -0.15) is 0 Å². The van der Waals surface area contributed by atoms with E-state index in [1.165, 1.54) is 97.7 Å². The monoisotopic (exact) mass is 869 g/mol. The fraction of sp³-hybridized carbons (Fsp3) is 0.0154. The maximum atomic E-state index is 2.45. The first-order valence-electron chi connectivity index (χ1n) is 23.1. The van der Waals surface area contributed by atoms with Crippen molar-refractivity contribution in [1.82, 2.24) is 0 Å². The van der Waals surface area contributed by atoms with E-state index in [2.05, 4.69) is 266 Å². The van der Waals surface area contributed by atoms with Crippen LogP contribution in [-0.4, -0.2) is 0 Å². The number of thiophene rings is 1. The lowest BCUT2D eigenvalue weighted by molar-refractivity contribution is 0.769. The molecule has 314 valence electrons. The van der Waals surface area contributed by atoms with Crippen LogP contribution in [0.1, 0.15) is 22.3 Å². The molecule has 1 aliphatic rings. The molecule has 0 saturated heterocycles. The van der Waals surface area contributed by atoms with Gasteiger partial charge in [-0.3, -0.25) is 0 Å². The predicted molar refractivity (Wildman–Crippen MR) is 285 cm³/mol. The Morgan fingerprint density at radius 1 is 0.313 bits per heavy atom. The first-order valence-corrected chi connectivity index (χ1v) is 23.9. The zero-order valence-corrected chi connectivity index (χ0v) is 37.5. The molecule has 0 amide bonds. The van der Waals surface area contributed by atoms with Gasteiger partial charge in [0.15, 0.2) is 0 Å². The first-order chi connectivity index (χ1) is 33.2. The van der Waals surface area contributed by atoms with E-state index in [4.69, 9.17) is 0 Å². The van der Waals surface area contributed by atoms with Crippen LogP contribution in [-0.2, 0) is 5.41 Å². The molecule has 0 saturated carbocycles. The molecule has 0 atom stereocenters. The smallest absolute Gasteiger partial charge is 0.0713 e. The summed E-state index contributed by atoms with van der Waals surface area (Å²) in [4.78, 5) is 2.43. The molecule has 11 aromatic carbocycles. The first kappa shape index (κ1) is 39.1. The van der Waals surface area contributed by atoms with Crippen LogP contribution in [0.2, 0.25) is 0 Å². The summed E-state index contributed by atoms with van der Waals surface area (Å²) in [7, 11) is 0. The third-order valence-electron chi connectivity index (χ3n) is 14.0. The van der Waals surface area contributed by atoms with Crippen molar-refractivity contribution in [2.75, 3.05) is 4.90 Å². The van der Waals surface area contributed by atoms with Crippen molar-refractivity contribution in [3.63, 3.8) is 0 Å². The number of fused-ring (bicyclic) bond motifs is 7. The molecule has 1 nitrogen and oxygen atoms in total. The summed E-state index contributed by atoms with van der Waals surface area (Å²) < 4.78 is 2.63. The molecular weight excluding hydrogens is 827 g/mol. The SMILES string of the molecule is c1ccc(C2(c3ccccc3)c3ccccc3-c3ccc(-c4ccc(N(c5ccc(-c6cccc7sc8ccccc8c67)cc5)c5ccccc5-c5cccc6ccccc56)cc4)cc32)cc1. The normalized spacial score (nSPS) is 12.6. The van der Waals surface area contributed by atoms with Crippen LogP contribution in [0.15, 0.2) is 261 Å². The third-order valence-corrected chi connectivity index (χ3v) is 15.1. The second kappa shape index (κ2) is 16.0. The fourth-order valence-corrected chi connectivity index (χ4v) is 12.1. The summed E-state index contributed by atoms with van der Waals surface area (Å²) in [6, 6.07) is 96.2. The maximum Gasteiger partial charge on any atom is 0.0713 e. The Morgan fingerprint density at radius 2 is 0.836 bits per heavy atom. The van der Waals surface area contributed by atoms with Crippen molar-refractivity contribution >= 4 is 59.3 Å². The van der Waals surface area contributed by atoms with E-state index in [-0.39, 0.29) is 0 Å². The number of hydrogen-bond acceptors (Lipinski definition) is 2. The molecule has 12 aromatic rings. The Hall–Kier alpha value is -8.30. The van der Waals surface area contributed by atoms with Crippen LogP contribution in [0.4, 0.5) is 17.1 Å². The van der Waals surface area contributed by atoms with E-state index in [1.807, 2.05) is 11.3 Å². The number of rotatable bonds is 8. The van der Waals surface area contributed by atoms with E-state index in [0.29, 0.717) is 0 Å². The summed E-state index contributed by atoms with van der Waals surface area (Å²) in [5.74, 6) is 0. The summed E-state index contributed by atoms with van der Waals surface area (Å²) in [6.07, 6.45) is 0. The molecule has 0 unspecified atom stereocenters. The Labute approximate surface area is 395 Å². The molecule has 0 N–H and O–H groups in total. The number of benzene rings is 11. The lowest BCUT2D eigenvalue weighted by Crippen LogP contribution is -2.28. The van der Waals surface area contributed by atoms with Crippen molar-refractivity contribution < 1.29 is 0 Å². The molecule has 1 aromatic heterocycles. The summed E-state index contributed by atoms with van der Waals surface area (Å²) in [6.45, 7) is 0. The van der Waals surface area contributed by atoms with Crippen molar-refractivity contribution in [3.05, 3.63) is 283 Å². The number of para-hydroxylation sites is 1. The van der Waals surface area contributed by atoms with Gasteiger partial charge >= 0.3 is 0 Å². The molecule has 13 rings (SSSR count). The van der Waals surface area contributed by atoms with Gasteiger partial charge in [0.1, 0.15) is 0 Å². The Balaban J connectivity index is 0.955. The quantitative estimate of drug-likeness (QED) is 0.147. The topological polar surface area (TPSA) is 3.24 Å². The zero-order valence-electron chi connectivity index (χ0n) is 36.7. The summed E-state index contributed by atoms with van der Waals surface area (Å²) in [5.41, 5.74) is 17.8. The number of anilines is 3. The standard InChI is InChI=1S/C65H43NS/c1-3-19-48(20-4-1)65(49-21-5-2-6-22-49)59-29-12-9-24-55(59)56-42-37-47(43-60(56)65)44-33-38-50(39-34-44)66(61-30-13-10-25-57(61)54-28-15-18-45-17-7-8-23-52(45)54)51-40-35-46(36-41-51)53-27-16-32-63-64(53)58-26-11-14-31-62(58)67-63/h1-43H. The maximum absolute atomic E-state index is 2.45. The van der Waals surface area contributed by atoms with Gasteiger partial charge in [-0.1, -0.05) is 212 Å². The van der Waals surface area contributed by atoms with Crippen molar-refractivity contribution in [1.29, 1.82) is 0 Å². The molecule has 0 aliphatic heterocycles. The van der Waals surface area contributed by atoms with Crippen LogP contribution >= 0.6 is 11.3 Å². The highest BCUT2D eigenvalue weighted by Crippen LogP contribution is 2.57. The van der Waals surface area contributed by atoms with Crippen molar-refractivity contribution in [2.24, 2.45) is 0 Å². The van der Waals surface area contributed by atoms with Crippen molar-refractivity contribution in [3.8, 4) is 44.5 Å². The minimum atomic E-state index is -0.458. The van der Waals surface area contributed by atoms with Gasteiger partial charge in [-0.15, -0.1) is 11.3 Å².